The predicted octanol–water partition coefficient (Wildman–Crippen LogP) is 2.51. The number of amides is 1. The van der Waals surface area contributed by atoms with Crippen molar-refractivity contribution in [2.75, 3.05) is 6.54 Å². The van der Waals surface area contributed by atoms with E-state index in [1.807, 2.05) is 0 Å². The van der Waals surface area contributed by atoms with Crippen LogP contribution in [0.15, 0.2) is 0 Å². The van der Waals surface area contributed by atoms with Gasteiger partial charge in [-0.1, -0.05) is 39.5 Å². The van der Waals surface area contributed by atoms with E-state index in [0.717, 1.165) is 25.3 Å². The molecule has 102 valence electrons. The van der Waals surface area contributed by atoms with Crippen LogP contribution in [-0.2, 0) is 4.79 Å². The van der Waals surface area contributed by atoms with Crippen molar-refractivity contribution >= 4 is 5.91 Å². The number of carbonyl (C=O) groups excluding carboxylic acids is 1. The van der Waals surface area contributed by atoms with E-state index in [-0.39, 0.29) is 11.7 Å². The van der Waals surface area contributed by atoms with Crippen molar-refractivity contribution in [3.05, 3.63) is 0 Å². The Morgan fingerprint density at radius 2 is 2.00 bits per heavy atom. The van der Waals surface area contributed by atoms with E-state index in [0.29, 0.717) is 11.8 Å². The van der Waals surface area contributed by atoms with Crippen LogP contribution in [0.25, 0.3) is 0 Å². The molecule has 1 aliphatic heterocycles. The lowest BCUT2D eigenvalue weighted by molar-refractivity contribution is -0.133. The zero-order valence-electron chi connectivity index (χ0n) is 11.7. The molecular formula is C15H26N2O. The summed E-state index contributed by atoms with van der Waals surface area (Å²) in [5.41, 5.74) is -0.182. The van der Waals surface area contributed by atoms with Gasteiger partial charge in [0.1, 0.15) is 0 Å². The fourth-order valence-electron chi connectivity index (χ4n) is 3.66. The maximum Gasteiger partial charge on any atom is 0.244 e. The van der Waals surface area contributed by atoms with Crippen LogP contribution in [0, 0.1) is 11.8 Å². The second-order valence-corrected chi connectivity index (χ2v) is 6.85. The molecule has 1 unspecified atom stereocenters. The first kappa shape index (κ1) is 12.5. The number of nitrogens with zero attached hydrogens (tertiary/aromatic N) is 1. The van der Waals surface area contributed by atoms with Crippen molar-refractivity contribution in [3.63, 3.8) is 0 Å². The Balaban J connectivity index is 1.73. The second-order valence-electron chi connectivity index (χ2n) is 6.85. The third-order valence-electron chi connectivity index (χ3n) is 4.99. The predicted molar refractivity (Wildman–Crippen MR) is 72.0 cm³/mol. The molecule has 1 amide bonds. The summed E-state index contributed by atoms with van der Waals surface area (Å²) in [5, 5.41) is 3.69. The van der Waals surface area contributed by atoms with Crippen LogP contribution in [0.3, 0.4) is 0 Å². The van der Waals surface area contributed by atoms with E-state index >= 15 is 0 Å². The highest BCUT2D eigenvalue weighted by Gasteiger charge is 2.52. The summed E-state index contributed by atoms with van der Waals surface area (Å²) in [7, 11) is 0. The van der Waals surface area contributed by atoms with Crippen LogP contribution in [0.2, 0.25) is 0 Å². The Labute approximate surface area is 110 Å². The topological polar surface area (TPSA) is 32.3 Å². The highest BCUT2D eigenvalue weighted by molar-refractivity contribution is 5.89. The average molecular weight is 250 g/mol. The van der Waals surface area contributed by atoms with Gasteiger partial charge in [-0.25, -0.2) is 0 Å². The molecule has 1 heterocycles. The minimum Gasteiger partial charge on any atom is -0.325 e. The van der Waals surface area contributed by atoms with Crippen molar-refractivity contribution in [2.24, 2.45) is 11.8 Å². The molecule has 0 aromatic heterocycles. The van der Waals surface area contributed by atoms with Crippen LogP contribution < -0.4 is 5.32 Å². The summed E-state index contributed by atoms with van der Waals surface area (Å²) in [5.74, 6) is 1.82. The monoisotopic (exact) mass is 250 g/mol. The second kappa shape index (κ2) is 4.52. The highest BCUT2D eigenvalue weighted by Crippen LogP contribution is 2.39. The van der Waals surface area contributed by atoms with Crippen molar-refractivity contribution in [2.45, 2.75) is 70.5 Å². The zero-order chi connectivity index (χ0) is 12.8. The minimum absolute atomic E-state index is 0.182. The smallest absolute Gasteiger partial charge is 0.244 e. The lowest BCUT2D eigenvalue weighted by atomic mass is 9.98. The molecule has 2 saturated carbocycles. The van der Waals surface area contributed by atoms with Crippen molar-refractivity contribution < 1.29 is 4.79 Å². The number of hydrogen-bond donors (Lipinski definition) is 1. The van der Waals surface area contributed by atoms with Crippen LogP contribution in [-0.4, -0.2) is 29.1 Å². The van der Waals surface area contributed by atoms with Gasteiger partial charge in [0.05, 0.1) is 11.7 Å². The number of carbonyl (C=O) groups is 1. The van der Waals surface area contributed by atoms with Gasteiger partial charge in [-0.3, -0.25) is 10.1 Å². The highest BCUT2D eigenvalue weighted by atomic mass is 16.2. The maximum absolute atomic E-state index is 12.7. The van der Waals surface area contributed by atoms with Gasteiger partial charge in [0, 0.05) is 6.54 Å². The number of nitrogens with one attached hydrogen (secondary N) is 1. The molecule has 3 heteroatoms. The van der Waals surface area contributed by atoms with Crippen LogP contribution in [0.1, 0.15) is 58.8 Å². The summed E-state index contributed by atoms with van der Waals surface area (Å²) in [4.78, 5) is 14.9. The molecule has 3 fully saturated rings. The summed E-state index contributed by atoms with van der Waals surface area (Å²) < 4.78 is 0. The first-order valence-corrected chi connectivity index (χ1v) is 7.71. The molecular weight excluding hydrogens is 224 g/mol. The Morgan fingerprint density at radius 3 is 2.56 bits per heavy atom. The van der Waals surface area contributed by atoms with Crippen LogP contribution in [0.5, 0.6) is 0 Å². The first-order chi connectivity index (χ1) is 8.62. The van der Waals surface area contributed by atoms with Crippen molar-refractivity contribution in [3.8, 4) is 0 Å². The normalized spacial score (nSPS) is 30.9. The molecule has 0 bridgehead atoms. The Bertz CT molecular complexity index is 329. The average Bonchev–Trinajstić information content (AvgIpc) is 2.97. The van der Waals surface area contributed by atoms with Gasteiger partial charge in [-0.05, 0) is 31.1 Å². The molecule has 2 aliphatic carbocycles. The summed E-state index contributed by atoms with van der Waals surface area (Å²) >= 11 is 0. The Hall–Kier alpha value is -0.570. The van der Waals surface area contributed by atoms with E-state index in [4.69, 9.17) is 0 Å². The van der Waals surface area contributed by atoms with Gasteiger partial charge in [-0.2, -0.15) is 0 Å². The van der Waals surface area contributed by atoms with E-state index < -0.39 is 0 Å². The van der Waals surface area contributed by atoms with Gasteiger partial charge in [0.25, 0.3) is 0 Å². The molecule has 3 nitrogen and oxygen atoms in total. The van der Waals surface area contributed by atoms with Crippen molar-refractivity contribution in [1.82, 2.24) is 10.2 Å². The van der Waals surface area contributed by atoms with E-state index in [9.17, 15) is 4.79 Å². The summed E-state index contributed by atoms with van der Waals surface area (Å²) in [6, 6.07) is 0. The minimum atomic E-state index is -0.182. The van der Waals surface area contributed by atoms with E-state index in [1.54, 1.807) is 0 Å². The largest absolute Gasteiger partial charge is 0.325 e. The first-order valence-electron chi connectivity index (χ1n) is 7.71. The van der Waals surface area contributed by atoms with Gasteiger partial charge in [0.2, 0.25) is 5.91 Å². The fraction of sp³-hybridized carbons (Fsp3) is 0.933. The van der Waals surface area contributed by atoms with Gasteiger partial charge in [0.15, 0.2) is 0 Å². The molecule has 0 radical (unpaired) electrons. The summed E-state index contributed by atoms with van der Waals surface area (Å²) in [6.07, 6.45) is 8.77. The van der Waals surface area contributed by atoms with Gasteiger partial charge < -0.3 is 4.90 Å². The SMILES string of the molecule is CC(C)C1NC2(CCCC2)C(=O)N1CCC1CC1. The van der Waals surface area contributed by atoms with Gasteiger partial charge in [-0.15, -0.1) is 0 Å². The van der Waals surface area contributed by atoms with Crippen LogP contribution >= 0.6 is 0 Å². The standard InChI is InChI=1S/C15H26N2O/c1-11(2)13-16-15(8-3-4-9-15)14(18)17(13)10-7-12-5-6-12/h11-13,16H,3-10H2,1-2H3. The lowest BCUT2D eigenvalue weighted by Crippen LogP contribution is -2.45. The van der Waals surface area contributed by atoms with Crippen molar-refractivity contribution in [1.29, 1.82) is 0 Å². The Kier molecular flexibility index (Phi) is 3.13. The maximum atomic E-state index is 12.7. The Morgan fingerprint density at radius 1 is 1.33 bits per heavy atom. The fourth-order valence-corrected chi connectivity index (χ4v) is 3.66. The molecule has 3 aliphatic rings. The number of rotatable bonds is 4. The summed E-state index contributed by atoms with van der Waals surface area (Å²) in [6.45, 7) is 5.42. The third kappa shape index (κ3) is 2.07. The third-order valence-corrected chi connectivity index (χ3v) is 4.99. The molecule has 18 heavy (non-hydrogen) atoms. The van der Waals surface area contributed by atoms with Crippen LogP contribution in [0.4, 0.5) is 0 Å². The molecule has 1 N–H and O–H groups in total. The van der Waals surface area contributed by atoms with E-state index in [1.165, 1.54) is 32.1 Å². The molecule has 3 rings (SSSR count). The number of hydrogen-bond acceptors (Lipinski definition) is 2. The molecule has 1 spiro atoms. The zero-order valence-corrected chi connectivity index (χ0v) is 11.7. The quantitative estimate of drug-likeness (QED) is 0.831. The lowest BCUT2D eigenvalue weighted by Gasteiger charge is -2.27. The van der Waals surface area contributed by atoms with Gasteiger partial charge >= 0.3 is 0 Å². The molecule has 1 atom stereocenters. The molecule has 1 saturated heterocycles. The molecule has 0 aromatic carbocycles. The molecule has 0 aromatic rings. The van der Waals surface area contributed by atoms with E-state index in [2.05, 4.69) is 24.1 Å².